The molecule has 1 fully saturated rings. The van der Waals surface area contributed by atoms with E-state index < -0.39 is 26.9 Å². The molecule has 0 spiro atoms. The average Bonchev–Trinajstić information content (AvgIpc) is 2.88. The van der Waals surface area contributed by atoms with E-state index in [1.807, 2.05) is 43.3 Å². The summed E-state index contributed by atoms with van der Waals surface area (Å²) in [6.45, 7) is 6.05. The molecule has 0 unspecified atom stereocenters. The Morgan fingerprint density at radius 2 is 1.50 bits per heavy atom. The first-order chi connectivity index (χ1) is 16.4. The molecule has 0 N–H and O–H groups in total. The summed E-state index contributed by atoms with van der Waals surface area (Å²) in [6, 6.07) is 28.4. The van der Waals surface area contributed by atoms with Crippen LogP contribution in [0.3, 0.4) is 0 Å². The van der Waals surface area contributed by atoms with Gasteiger partial charge in [-0.1, -0.05) is 84.4 Å². The predicted octanol–water partition coefficient (Wildman–Crippen LogP) is 5.29. The summed E-state index contributed by atoms with van der Waals surface area (Å²) in [5, 5.41) is 21.3. The minimum atomic E-state index is -4.01. The summed E-state index contributed by atoms with van der Waals surface area (Å²) in [5.41, 5.74) is -0.537. The quantitative estimate of drug-likeness (QED) is 0.477. The van der Waals surface area contributed by atoms with Gasteiger partial charge in [-0.25, -0.2) is 8.42 Å². The van der Waals surface area contributed by atoms with E-state index >= 15 is 0 Å². The van der Waals surface area contributed by atoms with E-state index in [1.54, 1.807) is 54.6 Å². The van der Waals surface area contributed by atoms with Crippen molar-refractivity contribution < 1.29 is 8.42 Å². The van der Waals surface area contributed by atoms with E-state index in [4.69, 9.17) is 0 Å². The largest absolute Gasteiger partial charge is 0.243 e. The molecule has 1 aliphatic rings. The number of allylic oxidation sites excluding steroid dienone is 1. The third-order valence-electron chi connectivity index (χ3n) is 6.86. The number of piperidine rings is 1. The first-order valence-electron chi connectivity index (χ1n) is 11.0. The maximum atomic E-state index is 13.9. The van der Waals surface area contributed by atoms with Gasteiger partial charge in [0.2, 0.25) is 10.0 Å². The summed E-state index contributed by atoms with van der Waals surface area (Å²) in [5.74, 6) is 0. The Bertz CT molecular complexity index is 1360. The second kappa shape index (κ2) is 8.91. The van der Waals surface area contributed by atoms with Gasteiger partial charge in [0.15, 0.2) is 5.41 Å². The number of sulfonamides is 1. The Morgan fingerprint density at radius 1 is 0.941 bits per heavy atom. The van der Waals surface area contributed by atoms with Gasteiger partial charge < -0.3 is 0 Å². The first-order valence-corrected chi connectivity index (χ1v) is 12.5. The molecule has 3 aromatic rings. The molecule has 2 atom stereocenters. The molecule has 1 heterocycles. The highest BCUT2D eigenvalue weighted by Crippen LogP contribution is 2.58. The van der Waals surface area contributed by atoms with Gasteiger partial charge in [-0.3, -0.25) is 0 Å². The van der Waals surface area contributed by atoms with Crippen LogP contribution in [0, 0.1) is 35.0 Å². The molecule has 0 amide bonds. The van der Waals surface area contributed by atoms with Crippen molar-refractivity contribution in [3.05, 3.63) is 114 Å². The SMILES string of the molecule is C=C[C@]1(c2ccccc2)CCN(S(=O)(=O)c2ccc(C)cc2)[C@@H](c2ccccc2)C1(C#N)C#N. The van der Waals surface area contributed by atoms with Crippen LogP contribution < -0.4 is 0 Å². The maximum Gasteiger partial charge on any atom is 0.243 e. The zero-order valence-electron chi connectivity index (χ0n) is 18.9. The summed E-state index contributed by atoms with van der Waals surface area (Å²) < 4.78 is 29.2. The van der Waals surface area contributed by atoms with Gasteiger partial charge in [0.1, 0.15) is 0 Å². The number of aryl methyl sites for hydroxylation is 1. The number of hydrogen-bond acceptors (Lipinski definition) is 4. The molecule has 4 rings (SSSR count). The molecule has 0 saturated carbocycles. The van der Waals surface area contributed by atoms with Crippen LogP contribution in [0.2, 0.25) is 0 Å². The lowest BCUT2D eigenvalue weighted by Crippen LogP contribution is -2.59. The fourth-order valence-corrected chi connectivity index (χ4v) is 6.70. The third kappa shape index (κ3) is 3.44. The average molecular weight is 468 g/mol. The number of hydrogen-bond donors (Lipinski definition) is 0. The maximum absolute atomic E-state index is 13.9. The summed E-state index contributed by atoms with van der Waals surface area (Å²) in [7, 11) is -4.01. The molecule has 3 aromatic carbocycles. The monoisotopic (exact) mass is 467 g/mol. The van der Waals surface area contributed by atoms with Gasteiger partial charge >= 0.3 is 0 Å². The number of nitrogens with zero attached hydrogens (tertiary/aromatic N) is 3. The summed E-state index contributed by atoms with van der Waals surface area (Å²) in [6.07, 6.45) is 1.90. The Balaban J connectivity index is 2.01. The van der Waals surface area contributed by atoms with Crippen LogP contribution in [0.15, 0.2) is 102 Å². The number of rotatable bonds is 5. The highest BCUT2D eigenvalue weighted by molar-refractivity contribution is 7.89. The molecular formula is C28H25N3O2S. The van der Waals surface area contributed by atoms with Crippen LogP contribution in [0.1, 0.15) is 29.2 Å². The Labute approximate surface area is 201 Å². The van der Waals surface area contributed by atoms with Gasteiger partial charge in [-0.05, 0) is 36.6 Å². The lowest BCUT2D eigenvalue weighted by atomic mass is 9.53. The Hall–Kier alpha value is -3.71. The topological polar surface area (TPSA) is 85.0 Å². The van der Waals surface area contributed by atoms with Gasteiger partial charge in [-0.2, -0.15) is 14.8 Å². The van der Waals surface area contributed by atoms with Crippen molar-refractivity contribution in [2.75, 3.05) is 6.54 Å². The van der Waals surface area contributed by atoms with Crippen molar-refractivity contribution in [2.24, 2.45) is 5.41 Å². The van der Waals surface area contributed by atoms with E-state index in [1.165, 1.54) is 4.31 Å². The minimum absolute atomic E-state index is 0.127. The van der Waals surface area contributed by atoms with Crippen LogP contribution in [0.25, 0.3) is 0 Å². The molecule has 5 nitrogen and oxygen atoms in total. The van der Waals surface area contributed by atoms with Gasteiger partial charge in [0.25, 0.3) is 0 Å². The van der Waals surface area contributed by atoms with Crippen LogP contribution in [-0.4, -0.2) is 19.3 Å². The van der Waals surface area contributed by atoms with Crippen LogP contribution >= 0.6 is 0 Å². The van der Waals surface area contributed by atoms with Crippen LogP contribution in [0.5, 0.6) is 0 Å². The molecule has 0 aliphatic carbocycles. The molecule has 6 heteroatoms. The Morgan fingerprint density at radius 3 is 2.03 bits per heavy atom. The minimum Gasteiger partial charge on any atom is -0.207 e. The zero-order chi connectivity index (χ0) is 24.4. The summed E-state index contributed by atoms with van der Waals surface area (Å²) >= 11 is 0. The molecule has 170 valence electrons. The van der Waals surface area contributed by atoms with Crippen molar-refractivity contribution in [3.8, 4) is 12.1 Å². The highest BCUT2D eigenvalue weighted by atomic mass is 32.2. The third-order valence-corrected chi connectivity index (χ3v) is 8.74. The van der Waals surface area contributed by atoms with Crippen molar-refractivity contribution in [1.82, 2.24) is 4.31 Å². The van der Waals surface area contributed by atoms with Gasteiger partial charge in [-0.15, -0.1) is 6.58 Å². The fraction of sp³-hybridized carbons (Fsp3) is 0.214. The first kappa shape index (κ1) is 23.4. The molecule has 1 aliphatic heterocycles. The zero-order valence-corrected chi connectivity index (χ0v) is 19.7. The molecular weight excluding hydrogens is 442 g/mol. The van der Waals surface area contributed by atoms with E-state index in [-0.39, 0.29) is 17.9 Å². The molecule has 0 radical (unpaired) electrons. The molecule has 34 heavy (non-hydrogen) atoms. The van der Waals surface area contributed by atoms with Crippen molar-refractivity contribution in [2.45, 2.75) is 29.7 Å². The van der Waals surface area contributed by atoms with Gasteiger partial charge in [0, 0.05) is 12.0 Å². The number of nitriles is 2. The van der Waals surface area contributed by atoms with Crippen LogP contribution in [0.4, 0.5) is 0 Å². The van der Waals surface area contributed by atoms with Crippen LogP contribution in [-0.2, 0) is 15.4 Å². The van der Waals surface area contributed by atoms with Gasteiger partial charge in [0.05, 0.1) is 23.1 Å². The number of benzene rings is 3. The lowest BCUT2D eigenvalue weighted by Gasteiger charge is -2.52. The highest BCUT2D eigenvalue weighted by Gasteiger charge is 2.63. The second-order valence-electron chi connectivity index (χ2n) is 8.57. The predicted molar refractivity (Wildman–Crippen MR) is 131 cm³/mol. The normalized spacial score (nSPS) is 22.3. The van der Waals surface area contributed by atoms with E-state index in [0.29, 0.717) is 5.56 Å². The van der Waals surface area contributed by atoms with Crippen molar-refractivity contribution in [3.63, 3.8) is 0 Å². The molecule has 1 saturated heterocycles. The van der Waals surface area contributed by atoms with E-state index in [9.17, 15) is 18.9 Å². The standard InChI is InChI=1S/C28H25N3O2S/c1-3-27(24-12-8-5-9-13-24)18-19-31(34(32,33)25-16-14-22(2)15-17-25)26(28(27,20-29)21-30)23-10-6-4-7-11-23/h3-17,26H,1,18-19H2,2H3/t26-,27+/m0/s1. The molecule has 0 bridgehead atoms. The Kier molecular flexibility index (Phi) is 6.15. The fourth-order valence-electron chi connectivity index (χ4n) is 5.06. The van der Waals surface area contributed by atoms with E-state index in [2.05, 4.69) is 18.7 Å². The molecule has 0 aromatic heterocycles. The lowest BCUT2D eigenvalue weighted by molar-refractivity contribution is 0.0940. The summed E-state index contributed by atoms with van der Waals surface area (Å²) in [4.78, 5) is 0.134. The van der Waals surface area contributed by atoms with Crippen molar-refractivity contribution in [1.29, 1.82) is 10.5 Å². The second-order valence-corrected chi connectivity index (χ2v) is 10.5. The van der Waals surface area contributed by atoms with Crippen molar-refractivity contribution >= 4 is 10.0 Å². The smallest absolute Gasteiger partial charge is 0.207 e. The van der Waals surface area contributed by atoms with E-state index in [0.717, 1.165) is 11.1 Å².